The van der Waals surface area contributed by atoms with Crippen LogP contribution in [0.3, 0.4) is 0 Å². The Hall–Kier alpha value is -3.99. The molecule has 3 aromatic rings. The summed E-state index contributed by atoms with van der Waals surface area (Å²) in [5.41, 5.74) is 1.53. The molecule has 0 radical (unpaired) electrons. The second kappa shape index (κ2) is 10.2. The highest BCUT2D eigenvalue weighted by atomic mass is 16.5. The van der Waals surface area contributed by atoms with Gasteiger partial charge in [-0.2, -0.15) is 5.26 Å². The van der Waals surface area contributed by atoms with E-state index in [1.165, 1.54) is 6.07 Å². The van der Waals surface area contributed by atoms with Gasteiger partial charge in [0.1, 0.15) is 18.2 Å². The number of ether oxygens (including phenoxy) is 3. The summed E-state index contributed by atoms with van der Waals surface area (Å²) in [5, 5.41) is 19.8. The van der Waals surface area contributed by atoms with Gasteiger partial charge in [0.2, 0.25) is 0 Å². The Morgan fingerprint density at radius 2 is 1.97 bits per heavy atom. The summed E-state index contributed by atoms with van der Waals surface area (Å²) >= 11 is 0. The average molecular weight is 421 g/mol. The van der Waals surface area contributed by atoms with Crippen LogP contribution in [0.5, 0.6) is 11.5 Å². The number of hydrogen-bond donors (Lipinski definition) is 2. The fraction of sp³-hybridized carbons (Fsp3) is 0.261. The van der Waals surface area contributed by atoms with Crippen molar-refractivity contribution in [2.75, 3.05) is 19.8 Å². The lowest BCUT2D eigenvalue weighted by atomic mass is 10.2. The molecule has 0 unspecified atom stereocenters. The van der Waals surface area contributed by atoms with E-state index in [0.717, 1.165) is 11.9 Å². The molecule has 0 atom stereocenters. The van der Waals surface area contributed by atoms with Crippen molar-refractivity contribution in [3.63, 3.8) is 0 Å². The van der Waals surface area contributed by atoms with Gasteiger partial charge in [0.05, 0.1) is 29.8 Å². The number of nitrogens with zero attached hydrogens (tertiary/aromatic N) is 2. The fourth-order valence-electron chi connectivity index (χ4n) is 2.85. The minimum atomic E-state index is -0.670. The predicted molar refractivity (Wildman–Crippen MR) is 115 cm³/mol. The minimum Gasteiger partial charge on any atom is -0.507 e. The highest BCUT2D eigenvalue weighted by Gasteiger charge is 2.17. The van der Waals surface area contributed by atoms with Crippen LogP contribution in [0, 0.1) is 11.3 Å². The van der Waals surface area contributed by atoms with E-state index in [0.29, 0.717) is 30.2 Å². The van der Waals surface area contributed by atoms with Crippen molar-refractivity contribution in [2.24, 2.45) is 0 Å². The number of carbonyl (C=O) groups is 1. The summed E-state index contributed by atoms with van der Waals surface area (Å²) < 4.78 is 16.4. The fourth-order valence-corrected chi connectivity index (χ4v) is 2.85. The van der Waals surface area contributed by atoms with Crippen molar-refractivity contribution in [1.29, 1.82) is 5.26 Å². The maximum atomic E-state index is 12.5. The lowest BCUT2D eigenvalue weighted by molar-refractivity contribution is 0.0502. The van der Waals surface area contributed by atoms with Crippen LogP contribution in [0.15, 0.2) is 48.2 Å². The zero-order chi connectivity index (χ0) is 22.2. The van der Waals surface area contributed by atoms with Gasteiger partial charge >= 0.3 is 5.97 Å². The molecule has 0 fully saturated rings. The first-order valence-electron chi connectivity index (χ1n) is 9.91. The highest BCUT2D eigenvalue weighted by Crippen LogP contribution is 2.29. The maximum absolute atomic E-state index is 12.5. The zero-order valence-corrected chi connectivity index (χ0v) is 17.3. The molecular weight excluding hydrogens is 398 g/mol. The standard InChI is InChI=1S/C23H23N3O5/c1-3-11-30-20-10-9-15(12-21(20)29-4-2)23(28)31-14-19(27)16(13-24)22-25-17-7-5-6-8-18(17)26-22/h5-10,12,27H,3-4,11,14H2,1-2H3,(H,25,26). The van der Waals surface area contributed by atoms with Gasteiger partial charge < -0.3 is 24.3 Å². The quantitative estimate of drug-likeness (QED) is 0.299. The van der Waals surface area contributed by atoms with Crippen molar-refractivity contribution in [1.82, 2.24) is 9.97 Å². The van der Waals surface area contributed by atoms with E-state index in [4.69, 9.17) is 14.2 Å². The molecule has 3 rings (SSSR count). The summed E-state index contributed by atoms with van der Waals surface area (Å²) in [6.45, 7) is 4.29. The van der Waals surface area contributed by atoms with Gasteiger partial charge in [0, 0.05) is 0 Å². The molecule has 0 aliphatic carbocycles. The van der Waals surface area contributed by atoms with Gasteiger partial charge in [-0.1, -0.05) is 19.1 Å². The predicted octanol–water partition coefficient (Wildman–Crippen LogP) is 4.40. The molecule has 8 heteroatoms. The molecule has 0 aliphatic rings. The number of aliphatic hydroxyl groups is 1. The van der Waals surface area contributed by atoms with Gasteiger partial charge in [-0.3, -0.25) is 0 Å². The van der Waals surface area contributed by atoms with Crippen LogP contribution in [-0.2, 0) is 4.74 Å². The first kappa shape index (κ1) is 21.7. The number of esters is 1. The van der Waals surface area contributed by atoms with Crippen molar-refractivity contribution in [3.8, 4) is 17.6 Å². The zero-order valence-electron chi connectivity index (χ0n) is 17.3. The third-order valence-electron chi connectivity index (χ3n) is 4.31. The maximum Gasteiger partial charge on any atom is 0.338 e. The van der Waals surface area contributed by atoms with Crippen molar-refractivity contribution >= 4 is 22.6 Å². The van der Waals surface area contributed by atoms with Crippen LogP contribution in [0.25, 0.3) is 16.6 Å². The Balaban J connectivity index is 1.75. The molecule has 0 bridgehead atoms. The second-order valence-electron chi connectivity index (χ2n) is 6.56. The van der Waals surface area contributed by atoms with Crippen LogP contribution in [-0.4, -0.2) is 40.9 Å². The number of allylic oxidation sites excluding steroid dienone is 1. The normalized spacial score (nSPS) is 11.5. The lowest BCUT2D eigenvalue weighted by Gasteiger charge is -2.13. The number of nitrogens with one attached hydrogen (secondary N) is 1. The SMILES string of the molecule is CCCOc1ccc(C(=O)OCC(O)=C(C#N)c2nc3ccccc3[nH]2)cc1OCC. The van der Waals surface area contributed by atoms with E-state index in [-0.39, 0.29) is 17.0 Å². The van der Waals surface area contributed by atoms with E-state index in [1.807, 2.05) is 38.1 Å². The van der Waals surface area contributed by atoms with Crippen molar-refractivity contribution < 1.29 is 24.1 Å². The Morgan fingerprint density at radius 3 is 2.68 bits per heavy atom. The Labute approximate surface area is 179 Å². The number of benzene rings is 2. The second-order valence-corrected chi connectivity index (χ2v) is 6.56. The number of nitriles is 1. The number of aromatic nitrogens is 2. The monoisotopic (exact) mass is 421 g/mol. The van der Waals surface area contributed by atoms with Crippen LogP contribution in [0.1, 0.15) is 36.5 Å². The van der Waals surface area contributed by atoms with Gasteiger partial charge in [-0.25, -0.2) is 9.78 Å². The van der Waals surface area contributed by atoms with Crippen LogP contribution in [0.2, 0.25) is 0 Å². The van der Waals surface area contributed by atoms with Gasteiger partial charge in [-0.05, 0) is 43.7 Å². The highest BCUT2D eigenvalue weighted by molar-refractivity contribution is 5.90. The number of hydrogen-bond acceptors (Lipinski definition) is 7. The summed E-state index contributed by atoms with van der Waals surface area (Å²) in [6, 6.07) is 13.9. The third-order valence-corrected chi connectivity index (χ3v) is 4.31. The minimum absolute atomic E-state index is 0.0951. The summed E-state index contributed by atoms with van der Waals surface area (Å²) in [6.07, 6.45) is 0.841. The topological polar surface area (TPSA) is 117 Å². The first-order chi connectivity index (χ1) is 15.1. The number of rotatable bonds is 9. The van der Waals surface area contributed by atoms with E-state index >= 15 is 0 Å². The average Bonchev–Trinajstić information content (AvgIpc) is 3.21. The van der Waals surface area contributed by atoms with Gasteiger partial charge in [0.25, 0.3) is 0 Å². The van der Waals surface area contributed by atoms with Crippen molar-refractivity contribution in [3.05, 3.63) is 59.6 Å². The Bertz CT molecular complexity index is 1110. The molecule has 0 saturated heterocycles. The number of aromatic amines is 1. The number of imidazole rings is 1. The number of fused-ring (bicyclic) bond motifs is 1. The van der Waals surface area contributed by atoms with Crippen LogP contribution in [0.4, 0.5) is 0 Å². The summed E-state index contributed by atoms with van der Waals surface area (Å²) in [5.74, 6) is 0.109. The lowest BCUT2D eigenvalue weighted by Crippen LogP contribution is -2.10. The molecule has 31 heavy (non-hydrogen) atoms. The molecule has 160 valence electrons. The van der Waals surface area contributed by atoms with Gasteiger partial charge in [-0.15, -0.1) is 0 Å². The van der Waals surface area contributed by atoms with E-state index in [1.54, 1.807) is 18.2 Å². The molecular formula is C23H23N3O5. The third kappa shape index (κ3) is 5.14. The molecule has 0 spiro atoms. The van der Waals surface area contributed by atoms with E-state index < -0.39 is 18.3 Å². The summed E-state index contributed by atoms with van der Waals surface area (Å²) in [7, 11) is 0. The van der Waals surface area contributed by atoms with Crippen molar-refractivity contribution in [2.45, 2.75) is 20.3 Å². The van der Waals surface area contributed by atoms with E-state index in [2.05, 4.69) is 9.97 Å². The number of aliphatic hydroxyl groups excluding tert-OH is 1. The first-order valence-corrected chi connectivity index (χ1v) is 9.91. The molecule has 8 nitrogen and oxygen atoms in total. The summed E-state index contributed by atoms with van der Waals surface area (Å²) in [4.78, 5) is 19.7. The molecule has 0 saturated carbocycles. The van der Waals surface area contributed by atoms with Crippen LogP contribution < -0.4 is 9.47 Å². The molecule has 0 amide bonds. The largest absolute Gasteiger partial charge is 0.507 e. The molecule has 2 N–H and O–H groups in total. The smallest absolute Gasteiger partial charge is 0.338 e. The number of carbonyl (C=O) groups excluding carboxylic acids is 1. The molecule has 1 heterocycles. The molecule has 0 aliphatic heterocycles. The molecule has 2 aromatic carbocycles. The number of para-hydroxylation sites is 2. The number of H-pyrrole nitrogens is 1. The Morgan fingerprint density at radius 1 is 1.16 bits per heavy atom. The van der Waals surface area contributed by atoms with Crippen LogP contribution >= 0.6 is 0 Å². The Kier molecular flexibility index (Phi) is 7.12. The van der Waals surface area contributed by atoms with E-state index in [9.17, 15) is 15.2 Å². The van der Waals surface area contributed by atoms with Gasteiger partial charge in [0.15, 0.2) is 23.1 Å². The molecule has 1 aromatic heterocycles.